The Morgan fingerprint density at radius 2 is 2.08 bits per heavy atom. The van der Waals surface area contributed by atoms with Crippen molar-refractivity contribution < 1.29 is 23.8 Å². The molecular weight excluding hydrogens is 338 g/mol. The van der Waals surface area contributed by atoms with E-state index in [0.29, 0.717) is 43.6 Å². The fourth-order valence-corrected chi connectivity index (χ4v) is 3.13. The molecule has 0 aliphatic carbocycles. The van der Waals surface area contributed by atoms with E-state index in [2.05, 4.69) is 5.32 Å². The van der Waals surface area contributed by atoms with Crippen LogP contribution in [0.1, 0.15) is 18.5 Å². The Hall–Kier alpha value is -2.61. The van der Waals surface area contributed by atoms with Crippen molar-refractivity contribution in [2.24, 2.45) is 10.9 Å². The van der Waals surface area contributed by atoms with Gasteiger partial charge in [-0.3, -0.25) is 14.9 Å². The number of rotatable bonds is 4. The molecule has 140 valence electrons. The van der Waals surface area contributed by atoms with Crippen LogP contribution in [0.4, 0.5) is 0 Å². The minimum Gasteiger partial charge on any atom is -0.496 e. The molecule has 1 fully saturated rings. The molecule has 1 N–H and O–H groups in total. The molecule has 8 nitrogen and oxygen atoms in total. The largest absolute Gasteiger partial charge is 0.496 e. The fraction of sp³-hybridized carbons (Fsp3) is 0.500. The zero-order valence-corrected chi connectivity index (χ0v) is 14.9. The van der Waals surface area contributed by atoms with Gasteiger partial charge in [-0.15, -0.1) is 0 Å². The minimum atomic E-state index is -1.06. The van der Waals surface area contributed by atoms with Crippen molar-refractivity contribution in [1.82, 2.24) is 10.2 Å². The van der Waals surface area contributed by atoms with Crippen molar-refractivity contribution in [2.45, 2.75) is 13.0 Å². The summed E-state index contributed by atoms with van der Waals surface area (Å²) < 4.78 is 15.9. The van der Waals surface area contributed by atoms with Crippen LogP contribution in [0.15, 0.2) is 29.3 Å². The van der Waals surface area contributed by atoms with Gasteiger partial charge in [0.05, 0.1) is 26.9 Å². The van der Waals surface area contributed by atoms with Gasteiger partial charge >= 0.3 is 5.97 Å². The third-order valence-corrected chi connectivity index (χ3v) is 4.40. The molecule has 0 spiro atoms. The van der Waals surface area contributed by atoms with Crippen LogP contribution >= 0.6 is 0 Å². The summed E-state index contributed by atoms with van der Waals surface area (Å²) in [5, 5.41) is 2.75. The van der Waals surface area contributed by atoms with Crippen LogP contribution in [-0.2, 0) is 19.1 Å². The third-order valence-electron chi connectivity index (χ3n) is 4.40. The molecule has 1 aromatic carbocycles. The Kier molecular flexibility index (Phi) is 5.72. The second-order valence-corrected chi connectivity index (χ2v) is 5.96. The molecule has 0 bridgehead atoms. The zero-order chi connectivity index (χ0) is 18.5. The number of carbonyl (C=O) groups excluding carboxylic acids is 2. The molecule has 0 aromatic heterocycles. The molecule has 8 heteroatoms. The molecule has 0 radical (unpaired) electrons. The number of amides is 1. The Labute approximate surface area is 152 Å². The molecule has 2 heterocycles. The molecule has 26 heavy (non-hydrogen) atoms. The third kappa shape index (κ3) is 3.65. The standard InChI is InChI=1S/C18H23N3O5/c1-3-26-17(23)14-15(12-6-4-5-7-13(12)24-2)19-18(20-16(14)22)21-8-10-25-11-9-21/h4-7,14-15H,3,8-11H2,1-2H3,(H,19,20,22)/t14-,15+/m0/s1. The Morgan fingerprint density at radius 3 is 2.77 bits per heavy atom. The van der Waals surface area contributed by atoms with Crippen LogP contribution in [0.5, 0.6) is 5.75 Å². The lowest BCUT2D eigenvalue weighted by atomic mass is 9.90. The van der Waals surface area contributed by atoms with Crippen LogP contribution in [0.3, 0.4) is 0 Å². The summed E-state index contributed by atoms with van der Waals surface area (Å²) in [6, 6.07) is 6.55. The van der Waals surface area contributed by atoms with Crippen molar-refractivity contribution in [3.8, 4) is 5.75 Å². The highest BCUT2D eigenvalue weighted by molar-refractivity contribution is 6.08. The molecule has 2 aliphatic heterocycles. The Bertz CT molecular complexity index is 700. The van der Waals surface area contributed by atoms with Gasteiger partial charge in [0.2, 0.25) is 11.9 Å². The van der Waals surface area contributed by atoms with Crippen LogP contribution in [-0.4, -0.2) is 62.8 Å². The van der Waals surface area contributed by atoms with Gasteiger partial charge in [0.15, 0.2) is 5.92 Å². The predicted molar refractivity (Wildman–Crippen MR) is 93.8 cm³/mol. The van der Waals surface area contributed by atoms with Gasteiger partial charge in [-0.25, -0.2) is 4.99 Å². The number of guanidine groups is 1. The number of carbonyl (C=O) groups is 2. The van der Waals surface area contributed by atoms with E-state index in [1.807, 2.05) is 23.1 Å². The van der Waals surface area contributed by atoms with E-state index >= 15 is 0 Å². The lowest BCUT2D eigenvalue weighted by Crippen LogP contribution is -2.55. The predicted octanol–water partition coefficient (Wildman–Crippen LogP) is 0.734. The van der Waals surface area contributed by atoms with Crippen molar-refractivity contribution in [3.05, 3.63) is 29.8 Å². The average molecular weight is 361 g/mol. The van der Waals surface area contributed by atoms with E-state index in [1.54, 1.807) is 20.1 Å². The summed E-state index contributed by atoms with van der Waals surface area (Å²) in [5.74, 6) is -1.04. The van der Waals surface area contributed by atoms with E-state index in [0.717, 1.165) is 0 Å². The van der Waals surface area contributed by atoms with Crippen LogP contribution in [0, 0.1) is 5.92 Å². The Morgan fingerprint density at radius 1 is 1.35 bits per heavy atom. The molecule has 0 unspecified atom stereocenters. The maximum atomic E-state index is 12.8. The highest BCUT2D eigenvalue weighted by atomic mass is 16.5. The number of nitrogens with one attached hydrogen (secondary N) is 1. The number of aliphatic imine (C=N–C) groups is 1. The molecule has 2 aliphatic rings. The normalized spacial score (nSPS) is 23.1. The topological polar surface area (TPSA) is 89.5 Å². The lowest BCUT2D eigenvalue weighted by Gasteiger charge is -2.35. The van der Waals surface area contributed by atoms with E-state index in [1.165, 1.54) is 0 Å². The second-order valence-electron chi connectivity index (χ2n) is 5.96. The van der Waals surface area contributed by atoms with Crippen molar-refractivity contribution in [3.63, 3.8) is 0 Å². The first-order valence-corrected chi connectivity index (χ1v) is 8.66. The van der Waals surface area contributed by atoms with Gasteiger partial charge in [0, 0.05) is 18.7 Å². The fourth-order valence-electron chi connectivity index (χ4n) is 3.13. The summed E-state index contributed by atoms with van der Waals surface area (Å²) in [4.78, 5) is 31.8. The van der Waals surface area contributed by atoms with Crippen molar-refractivity contribution in [1.29, 1.82) is 0 Å². The SMILES string of the molecule is CCOC(=O)[C@@H]1C(=O)NC(N2CCOCC2)=N[C@@H]1c1ccccc1OC. The lowest BCUT2D eigenvalue weighted by molar-refractivity contribution is -0.153. The molecule has 0 saturated carbocycles. The van der Waals surface area contributed by atoms with Crippen molar-refractivity contribution >= 4 is 17.8 Å². The van der Waals surface area contributed by atoms with Crippen LogP contribution in [0.25, 0.3) is 0 Å². The molecule has 2 atom stereocenters. The van der Waals surface area contributed by atoms with E-state index in [4.69, 9.17) is 19.2 Å². The smallest absolute Gasteiger partial charge is 0.321 e. The first-order valence-electron chi connectivity index (χ1n) is 8.66. The van der Waals surface area contributed by atoms with Gasteiger partial charge in [-0.05, 0) is 13.0 Å². The van der Waals surface area contributed by atoms with Gasteiger partial charge < -0.3 is 19.1 Å². The van der Waals surface area contributed by atoms with Gasteiger partial charge in [0.1, 0.15) is 11.8 Å². The molecule has 1 saturated heterocycles. The summed E-state index contributed by atoms with van der Waals surface area (Å²) in [5.41, 5.74) is 0.675. The maximum Gasteiger partial charge on any atom is 0.321 e. The average Bonchev–Trinajstić information content (AvgIpc) is 2.68. The number of methoxy groups -OCH3 is 1. The summed E-state index contributed by atoms with van der Waals surface area (Å²) in [7, 11) is 1.55. The molecule has 3 rings (SSSR count). The van der Waals surface area contributed by atoms with E-state index in [-0.39, 0.29) is 6.61 Å². The zero-order valence-electron chi connectivity index (χ0n) is 14.9. The van der Waals surface area contributed by atoms with E-state index in [9.17, 15) is 9.59 Å². The quantitative estimate of drug-likeness (QED) is 0.628. The van der Waals surface area contributed by atoms with Crippen LogP contribution < -0.4 is 10.1 Å². The number of benzene rings is 1. The number of esters is 1. The molecular formula is C18H23N3O5. The summed E-state index contributed by atoms with van der Waals surface area (Å²) in [6.45, 7) is 4.29. The summed E-state index contributed by atoms with van der Waals surface area (Å²) in [6.07, 6.45) is 0. The molecule has 1 amide bonds. The number of nitrogens with zero attached hydrogens (tertiary/aromatic N) is 2. The first kappa shape index (κ1) is 18.2. The number of morpholine rings is 1. The number of hydrogen-bond donors (Lipinski definition) is 1. The second kappa shape index (κ2) is 8.18. The summed E-state index contributed by atoms with van der Waals surface area (Å²) >= 11 is 0. The highest BCUT2D eigenvalue weighted by Gasteiger charge is 2.43. The monoisotopic (exact) mass is 361 g/mol. The maximum absolute atomic E-state index is 12.8. The van der Waals surface area contributed by atoms with Gasteiger partial charge in [-0.1, -0.05) is 18.2 Å². The number of para-hydroxylation sites is 1. The highest BCUT2D eigenvalue weighted by Crippen LogP contribution is 2.36. The van der Waals surface area contributed by atoms with Gasteiger partial charge in [-0.2, -0.15) is 0 Å². The minimum absolute atomic E-state index is 0.196. The first-order chi connectivity index (χ1) is 12.7. The Balaban J connectivity index is 2.01. The van der Waals surface area contributed by atoms with E-state index < -0.39 is 23.8 Å². The number of ether oxygens (including phenoxy) is 3. The van der Waals surface area contributed by atoms with Gasteiger partial charge in [0.25, 0.3) is 0 Å². The van der Waals surface area contributed by atoms with Crippen LogP contribution in [0.2, 0.25) is 0 Å². The van der Waals surface area contributed by atoms with Crippen molar-refractivity contribution in [2.75, 3.05) is 40.0 Å². The number of hydrogen-bond acceptors (Lipinski definition) is 7. The molecule has 1 aromatic rings.